The molecule has 0 spiro atoms. The van der Waals surface area contributed by atoms with Crippen LogP contribution in [-0.4, -0.2) is 23.4 Å². The first-order chi connectivity index (χ1) is 7.72. The van der Waals surface area contributed by atoms with Gasteiger partial charge in [0.15, 0.2) is 6.29 Å². The number of rotatable bonds is 3. The van der Waals surface area contributed by atoms with Crippen molar-refractivity contribution >= 4 is 22.2 Å². The molecule has 16 heavy (non-hydrogen) atoms. The summed E-state index contributed by atoms with van der Waals surface area (Å²) in [4.78, 5) is 17.5. The molecule has 1 aromatic carbocycles. The Bertz CT molecular complexity index is 522. The molecule has 0 aliphatic carbocycles. The third-order valence-electron chi connectivity index (χ3n) is 2.10. The monoisotopic (exact) mass is 280 g/mol. The molecule has 82 valence electrons. The number of carbonyl (C=O) groups excluding carboxylic acids is 1. The van der Waals surface area contributed by atoms with Crippen molar-refractivity contribution in [3.05, 3.63) is 34.6 Å². The van der Waals surface area contributed by atoms with Crippen LogP contribution in [0.1, 0.15) is 10.5 Å². The molecule has 0 amide bonds. The van der Waals surface area contributed by atoms with Crippen LogP contribution in [0, 0.1) is 0 Å². The Morgan fingerprint density at radius 3 is 2.88 bits per heavy atom. The molecule has 2 aromatic rings. The number of aromatic nitrogens is 2. The maximum atomic E-state index is 10.5. The molecule has 1 N–H and O–H groups in total. The van der Waals surface area contributed by atoms with Gasteiger partial charge in [-0.3, -0.25) is 4.79 Å². The third kappa shape index (κ3) is 2.14. The Labute approximate surface area is 101 Å². The van der Waals surface area contributed by atoms with E-state index in [9.17, 15) is 4.79 Å². The summed E-state index contributed by atoms with van der Waals surface area (Å²) in [6, 6.07) is 5.60. The Balaban J connectivity index is 2.46. The van der Waals surface area contributed by atoms with Crippen LogP contribution in [0.15, 0.2) is 28.9 Å². The van der Waals surface area contributed by atoms with Gasteiger partial charge in [-0.1, -0.05) is 15.9 Å². The Kier molecular flexibility index (Phi) is 3.05. The summed E-state index contributed by atoms with van der Waals surface area (Å²) in [5, 5.41) is 0. The molecule has 0 aliphatic rings. The van der Waals surface area contributed by atoms with Crippen LogP contribution in [-0.2, 0) is 0 Å². The van der Waals surface area contributed by atoms with Gasteiger partial charge in [0.25, 0.3) is 0 Å². The van der Waals surface area contributed by atoms with Crippen LogP contribution < -0.4 is 4.74 Å². The minimum Gasteiger partial charge on any atom is -0.497 e. The zero-order valence-corrected chi connectivity index (χ0v) is 10.1. The highest BCUT2D eigenvalue weighted by atomic mass is 79.9. The van der Waals surface area contributed by atoms with Gasteiger partial charge in [-0.05, 0) is 18.2 Å². The summed E-state index contributed by atoms with van der Waals surface area (Å²) in [6.45, 7) is 0. The topological polar surface area (TPSA) is 55.0 Å². The predicted octanol–water partition coefficient (Wildman–Crippen LogP) is 2.66. The van der Waals surface area contributed by atoms with Crippen molar-refractivity contribution in [3.8, 4) is 17.1 Å². The number of imidazole rings is 1. The van der Waals surface area contributed by atoms with Crippen molar-refractivity contribution in [2.75, 3.05) is 7.11 Å². The van der Waals surface area contributed by atoms with E-state index < -0.39 is 0 Å². The maximum Gasteiger partial charge on any atom is 0.167 e. The van der Waals surface area contributed by atoms with Gasteiger partial charge in [-0.2, -0.15) is 0 Å². The van der Waals surface area contributed by atoms with Gasteiger partial charge in [0.1, 0.15) is 11.6 Å². The molecule has 0 atom stereocenters. The minimum absolute atomic E-state index is 0.453. The number of benzene rings is 1. The average Bonchev–Trinajstić information content (AvgIpc) is 2.76. The maximum absolute atomic E-state index is 10.5. The number of halogens is 1. The van der Waals surface area contributed by atoms with Crippen molar-refractivity contribution in [2.45, 2.75) is 0 Å². The van der Waals surface area contributed by atoms with Gasteiger partial charge in [-0.15, -0.1) is 0 Å². The molecule has 0 saturated heterocycles. The summed E-state index contributed by atoms with van der Waals surface area (Å²) in [5.41, 5.74) is 1.31. The fourth-order valence-electron chi connectivity index (χ4n) is 1.36. The van der Waals surface area contributed by atoms with E-state index in [1.807, 2.05) is 18.2 Å². The van der Waals surface area contributed by atoms with E-state index in [1.54, 1.807) is 7.11 Å². The minimum atomic E-state index is 0.453. The molecule has 1 heterocycles. The van der Waals surface area contributed by atoms with Crippen LogP contribution >= 0.6 is 15.9 Å². The van der Waals surface area contributed by atoms with E-state index in [0.29, 0.717) is 11.5 Å². The number of carbonyl (C=O) groups is 1. The first-order valence-corrected chi connectivity index (χ1v) is 5.37. The normalized spacial score (nSPS) is 10.1. The van der Waals surface area contributed by atoms with Crippen LogP contribution in [0.2, 0.25) is 0 Å². The van der Waals surface area contributed by atoms with Gasteiger partial charge in [-0.25, -0.2) is 4.98 Å². The summed E-state index contributed by atoms with van der Waals surface area (Å²) in [7, 11) is 1.60. The molecule has 0 radical (unpaired) electrons. The summed E-state index contributed by atoms with van der Waals surface area (Å²) >= 11 is 3.38. The number of hydrogen-bond donors (Lipinski definition) is 1. The van der Waals surface area contributed by atoms with Crippen molar-refractivity contribution in [1.82, 2.24) is 9.97 Å². The number of aromatic amines is 1. The van der Waals surface area contributed by atoms with Crippen molar-refractivity contribution in [3.63, 3.8) is 0 Å². The number of ether oxygens (including phenoxy) is 1. The first-order valence-electron chi connectivity index (χ1n) is 4.58. The van der Waals surface area contributed by atoms with E-state index in [2.05, 4.69) is 25.9 Å². The van der Waals surface area contributed by atoms with E-state index in [1.165, 1.54) is 6.20 Å². The first kappa shape index (κ1) is 10.9. The highest BCUT2D eigenvalue weighted by Crippen LogP contribution is 2.26. The highest BCUT2D eigenvalue weighted by Gasteiger charge is 2.06. The summed E-state index contributed by atoms with van der Waals surface area (Å²) in [5.74, 6) is 1.37. The van der Waals surface area contributed by atoms with E-state index in [0.717, 1.165) is 22.1 Å². The van der Waals surface area contributed by atoms with E-state index in [4.69, 9.17) is 4.74 Å². The fraction of sp³-hybridized carbons (Fsp3) is 0.0909. The average molecular weight is 281 g/mol. The Morgan fingerprint density at radius 2 is 2.25 bits per heavy atom. The largest absolute Gasteiger partial charge is 0.497 e. The lowest BCUT2D eigenvalue weighted by atomic mass is 10.2. The van der Waals surface area contributed by atoms with Gasteiger partial charge >= 0.3 is 0 Å². The molecule has 0 unspecified atom stereocenters. The van der Waals surface area contributed by atoms with Crippen LogP contribution in [0.3, 0.4) is 0 Å². The standard InChI is InChI=1S/C11H9BrN2O2/c1-16-10-3-7(2-8(12)4-10)11-13-5-9(6-15)14-11/h2-6H,1H3,(H,13,14). The third-order valence-corrected chi connectivity index (χ3v) is 2.56. The van der Waals surface area contributed by atoms with Crippen LogP contribution in [0.5, 0.6) is 5.75 Å². The second-order valence-electron chi connectivity index (χ2n) is 3.18. The molecule has 4 nitrogen and oxygen atoms in total. The zero-order chi connectivity index (χ0) is 11.5. The SMILES string of the molecule is COc1cc(Br)cc(-c2ncc(C=O)[nH]2)c1. The number of nitrogens with one attached hydrogen (secondary N) is 1. The summed E-state index contributed by atoms with van der Waals surface area (Å²) in [6.07, 6.45) is 2.22. The predicted molar refractivity (Wildman–Crippen MR) is 63.7 cm³/mol. The number of H-pyrrole nitrogens is 1. The Morgan fingerprint density at radius 1 is 1.44 bits per heavy atom. The molecule has 0 bridgehead atoms. The number of nitrogens with zero attached hydrogens (tertiary/aromatic N) is 1. The molecule has 0 saturated carbocycles. The lowest BCUT2D eigenvalue weighted by molar-refractivity contribution is 0.111. The van der Waals surface area contributed by atoms with E-state index in [-0.39, 0.29) is 0 Å². The van der Waals surface area contributed by atoms with Gasteiger partial charge in [0, 0.05) is 10.0 Å². The quantitative estimate of drug-likeness (QED) is 0.880. The van der Waals surface area contributed by atoms with Crippen molar-refractivity contribution < 1.29 is 9.53 Å². The van der Waals surface area contributed by atoms with Crippen LogP contribution in [0.4, 0.5) is 0 Å². The fourth-order valence-corrected chi connectivity index (χ4v) is 1.83. The van der Waals surface area contributed by atoms with Crippen LogP contribution in [0.25, 0.3) is 11.4 Å². The molecule has 1 aromatic heterocycles. The lowest BCUT2D eigenvalue weighted by Gasteiger charge is -2.03. The summed E-state index contributed by atoms with van der Waals surface area (Å²) < 4.78 is 6.04. The molecular formula is C11H9BrN2O2. The zero-order valence-electron chi connectivity index (χ0n) is 8.53. The van der Waals surface area contributed by atoms with Gasteiger partial charge < -0.3 is 9.72 Å². The second-order valence-corrected chi connectivity index (χ2v) is 4.10. The number of aldehydes is 1. The molecular weight excluding hydrogens is 272 g/mol. The molecule has 0 fully saturated rings. The number of hydrogen-bond acceptors (Lipinski definition) is 3. The number of methoxy groups -OCH3 is 1. The highest BCUT2D eigenvalue weighted by molar-refractivity contribution is 9.10. The Hall–Kier alpha value is -1.62. The van der Waals surface area contributed by atoms with E-state index >= 15 is 0 Å². The van der Waals surface area contributed by atoms with Crippen molar-refractivity contribution in [2.24, 2.45) is 0 Å². The second kappa shape index (κ2) is 4.49. The lowest BCUT2D eigenvalue weighted by Crippen LogP contribution is -1.86. The smallest absolute Gasteiger partial charge is 0.167 e. The van der Waals surface area contributed by atoms with Gasteiger partial charge in [0.05, 0.1) is 19.0 Å². The molecule has 5 heteroatoms. The molecule has 2 rings (SSSR count). The van der Waals surface area contributed by atoms with Crippen molar-refractivity contribution in [1.29, 1.82) is 0 Å². The van der Waals surface area contributed by atoms with Gasteiger partial charge in [0.2, 0.25) is 0 Å². The molecule has 0 aliphatic heterocycles.